The Labute approximate surface area is 97.0 Å². The van der Waals surface area contributed by atoms with Gasteiger partial charge in [0.2, 0.25) is 0 Å². The van der Waals surface area contributed by atoms with Gasteiger partial charge in [-0.3, -0.25) is 0 Å². The van der Waals surface area contributed by atoms with Crippen molar-refractivity contribution in [3.05, 3.63) is 0 Å². The average Bonchev–Trinajstić information content (AvgIpc) is 2.20. The van der Waals surface area contributed by atoms with Crippen LogP contribution in [0.4, 0.5) is 0 Å². The van der Waals surface area contributed by atoms with Gasteiger partial charge >= 0.3 is 0 Å². The molecule has 0 rings (SSSR count). The molecule has 0 bridgehead atoms. The second kappa shape index (κ2) is 12.0. The fraction of sp³-hybridized carbons (Fsp3) is 1.00. The van der Waals surface area contributed by atoms with Crippen molar-refractivity contribution in [3.63, 3.8) is 0 Å². The zero-order valence-electron chi connectivity index (χ0n) is 11.1. The van der Waals surface area contributed by atoms with E-state index in [2.05, 4.69) is 26.1 Å². The van der Waals surface area contributed by atoms with Crippen LogP contribution in [0.25, 0.3) is 0 Å². The maximum Gasteiger partial charge on any atom is -0.00488 e. The van der Waals surface area contributed by atoms with Gasteiger partial charge in [-0.05, 0) is 38.3 Å². The molecule has 15 heavy (non-hydrogen) atoms. The van der Waals surface area contributed by atoms with E-state index in [1.807, 2.05) is 0 Å². The summed E-state index contributed by atoms with van der Waals surface area (Å²) in [6, 6.07) is 0. The fourth-order valence-electron chi connectivity index (χ4n) is 1.79. The van der Waals surface area contributed by atoms with Crippen LogP contribution in [0.5, 0.6) is 0 Å². The summed E-state index contributed by atoms with van der Waals surface area (Å²) in [6.07, 6.45) is 11.1. The second-order valence-electron chi connectivity index (χ2n) is 5.05. The van der Waals surface area contributed by atoms with E-state index in [0.29, 0.717) is 0 Å². The van der Waals surface area contributed by atoms with Crippen molar-refractivity contribution in [1.29, 1.82) is 0 Å². The minimum atomic E-state index is 0.862. The number of hydrogen-bond acceptors (Lipinski definition) is 1. The van der Waals surface area contributed by atoms with Crippen molar-refractivity contribution in [2.45, 2.75) is 72.1 Å². The van der Waals surface area contributed by atoms with Crippen molar-refractivity contribution in [2.24, 2.45) is 5.92 Å². The highest BCUT2D eigenvalue weighted by Crippen LogP contribution is 2.04. The van der Waals surface area contributed by atoms with Crippen molar-refractivity contribution in [2.75, 3.05) is 13.1 Å². The molecule has 0 radical (unpaired) electrons. The lowest BCUT2D eigenvalue weighted by Gasteiger charge is -2.06. The lowest BCUT2D eigenvalue weighted by Crippen LogP contribution is -2.17. The van der Waals surface area contributed by atoms with E-state index >= 15 is 0 Å². The summed E-state index contributed by atoms with van der Waals surface area (Å²) < 4.78 is 0. The van der Waals surface area contributed by atoms with Gasteiger partial charge in [0.25, 0.3) is 0 Å². The molecule has 0 spiro atoms. The van der Waals surface area contributed by atoms with Crippen molar-refractivity contribution >= 4 is 0 Å². The van der Waals surface area contributed by atoms with Gasteiger partial charge in [-0.15, -0.1) is 0 Å². The minimum Gasteiger partial charge on any atom is -0.317 e. The summed E-state index contributed by atoms with van der Waals surface area (Å²) in [5, 5.41) is 3.53. The van der Waals surface area contributed by atoms with Crippen LogP contribution in [0.3, 0.4) is 0 Å². The van der Waals surface area contributed by atoms with Gasteiger partial charge in [-0.1, -0.05) is 52.9 Å². The molecule has 1 N–H and O–H groups in total. The van der Waals surface area contributed by atoms with Crippen LogP contribution in [-0.2, 0) is 0 Å². The van der Waals surface area contributed by atoms with E-state index < -0.39 is 0 Å². The first kappa shape index (κ1) is 15.0. The summed E-state index contributed by atoms with van der Waals surface area (Å²) >= 11 is 0. The molecule has 0 amide bonds. The Morgan fingerprint density at radius 1 is 0.800 bits per heavy atom. The largest absolute Gasteiger partial charge is 0.317 e. The molecule has 0 aliphatic carbocycles. The third kappa shape index (κ3) is 14.0. The Morgan fingerprint density at radius 2 is 1.40 bits per heavy atom. The topological polar surface area (TPSA) is 12.0 Å². The van der Waals surface area contributed by atoms with Crippen molar-refractivity contribution in [1.82, 2.24) is 5.32 Å². The molecule has 0 aliphatic heterocycles. The second-order valence-corrected chi connectivity index (χ2v) is 5.05. The molecule has 0 aromatic rings. The molecule has 1 nitrogen and oxygen atoms in total. The first-order valence-corrected chi connectivity index (χ1v) is 6.98. The van der Waals surface area contributed by atoms with E-state index in [1.165, 1.54) is 64.5 Å². The molecule has 0 aliphatic rings. The highest BCUT2D eigenvalue weighted by molar-refractivity contribution is 4.52. The van der Waals surface area contributed by atoms with E-state index in [4.69, 9.17) is 0 Å². The Morgan fingerprint density at radius 3 is 2.07 bits per heavy atom. The summed E-state index contributed by atoms with van der Waals surface area (Å²) in [5.74, 6) is 0.862. The van der Waals surface area contributed by atoms with Gasteiger partial charge in [0.1, 0.15) is 0 Å². The smallest absolute Gasteiger partial charge is 0.00488 e. The van der Waals surface area contributed by atoms with Crippen LogP contribution >= 0.6 is 0 Å². The highest BCUT2D eigenvalue weighted by Gasteiger charge is 1.93. The van der Waals surface area contributed by atoms with Crippen LogP contribution < -0.4 is 5.32 Å². The summed E-state index contributed by atoms with van der Waals surface area (Å²) in [7, 11) is 0. The molecule has 0 saturated heterocycles. The predicted molar refractivity (Wildman–Crippen MR) is 70.3 cm³/mol. The van der Waals surface area contributed by atoms with E-state index in [9.17, 15) is 0 Å². The Balaban J connectivity index is 2.87. The molecule has 1 heteroatoms. The summed E-state index contributed by atoms with van der Waals surface area (Å²) in [6.45, 7) is 9.31. The van der Waals surface area contributed by atoms with Gasteiger partial charge in [-0.25, -0.2) is 0 Å². The Kier molecular flexibility index (Phi) is 12.0. The molecule has 0 atom stereocenters. The maximum atomic E-state index is 3.53. The quantitative estimate of drug-likeness (QED) is 0.502. The third-order valence-electron chi connectivity index (χ3n) is 2.84. The Bertz CT molecular complexity index is 110. The number of hydrogen-bond donors (Lipinski definition) is 1. The van der Waals surface area contributed by atoms with Crippen LogP contribution in [-0.4, -0.2) is 13.1 Å². The predicted octanol–water partition coefficient (Wildman–Crippen LogP) is 4.37. The van der Waals surface area contributed by atoms with Gasteiger partial charge in [0.15, 0.2) is 0 Å². The first-order chi connectivity index (χ1) is 7.27. The van der Waals surface area contributed by atoms with Gasteiger partial charge < -0.3 is 5.32 Å². The standard InChI is InChI=1S/C14H31N/c1-4-5-6-7-8-9-12-15-13-10-11-14(2)3/h14-15H,4-13H2,1-3H3. The molecule has 0 aromatic heterocycles. The normalized spacial score (nSPS) is 11.2. The lowest BCUT2D eigenvalue weighted by atomic mass is 10.1. The molecular formula is C14H31N. The van der Waals surface area contributed by atoms with Gasteiger partial charge in [0.05, 0.1) is 0 Å². The van der Waals surface area contributed by atoms with E-state index in [-0.39, 0.29) is 0 Å². The molecule has 92 valence electrons. The Hall–Kier alpha value is -0.0400. The van der Waals surface area contributed by atoms with Gasteiger partial charge in [-0.2, -0.15) is 0 Å². The molecule has 0 aromatic carbocycles. The van der Waals surface area contributed by atoms with Crippen molar-refractivity contribution < 1.29 is 0 Å². The number of nitrogens with one attached hydrogen (secondary N) is 1. The molecule has 0 fully saturated rings. The third-order valence-corrected chi connectivity index (χ3v) is 2.84. The zero-order valence-corrected chi connectivity index (χ0v) is 11.1. The van der Waals surface area contributed by atoms with Crippen molar-refractivity contribution in [3.8, 4) is 0 Å². The molecule has 0 saturated carbocycles. The first-order valence-electron chi connectivity index (χ1n) is 6.98. The van der Waals surface area contributed by atoms with Gasteiger partial charge in [0, 0.05) is 0 Å². The summed E-state index contributed by atoms with van der Waals surface area (Å²) in [5.41, 5.74) is 0. The minimum absolute atomic E-state index is 0.862. The maximum absolute atomic E-state index is 3.53. The van der Waals surface area contributed by atoms with E-state index in [0.717, 1.165) is 5.92 Å². The molecule has 0 heterocycles. The number of unbranched alkanes of at least 4 members (excludes halogenated alkanes) is 5. The van der Waals surface area contributed by atoms with Crippen LogP contribution in [0.1, 0.15) is 72.1 Å². The monoisotopic (exact) mass is 213 g/mol. The average molecular weight is 213 g/mol. The summed E-state index contributed by atoms with van der Waals surface area (Å²) in [4.78, 5) is 0. The number of rotatable bonds is 11. The van der Waals surface area contributed by atoms with Crippen LogP contribution in [0.15, 0.2) is 0 Å². The van der Waals surface area contributed by atoms with Crippen LogP contribution in [0, 0.1) is 5.92 Å². The SMILES string of the molecule is CCCCCCCCNCCCC(C)C. The van der Waals surface area contributed by atoms with Crippen LogP contribution in [0.2, 0.25) is 0 Å². The molecular weight excluding hydrogens is 182 g/mol. The van der Waals surface area contributed by atoms with E-state index in [1.54, 1.807) is 0 Å². The lowest BCUT2D eigenvalue weighted by molar-refractivity contribution is 0.514. The fourth-order valence-corrected chi connectivity index (χ4v) is 1.79. The zero-order chi connectivity index (χ0) is 11.4. The highest BCUT2D eigenvalue weighted by atomic mass is 14.8. The molecule has 0 unspecified atom stereocenters.